The first kappa shape index (κ1) is 15.8. The van der Waals surface area contributed by atoms with E-state index in [-0.39, 0.29) is 18.1 Å². The number of carbonyl (C=O) groups excluding carboxylic acids is 1. The molecule has 5 heteroatoms. The van der Waals surface area contributed by atoms with Gasteiger partial charge in [-0.1, -0.05) is 12.1 Å². The van der Waals surface area contributed by atoms with Gasteiger partial charge in [0.15, 0.2) is 0 Å². The number of rotatable bonds is 5. The second-order valence-corrected chi connectivity index (χ2v) is 5.66. The van der Waals surface area contributed by atoms with Gasteiger partial charge in [0.2, 0.25) is 5.91 Å². The number of amides is 1. The summed E-state index contributed by atoms with van der Waals surface area (Å²) in [7, 11) is 1.60. The van der Waals surface area contributed by atoms with E-state index in [1.165, 1.54) is 4.90 Å². The molecule has 1 fully saturated rings. The lowest BCUT2D eigenvalue weighted by molar-refractivity contribution is -0.914. The number of hydrogen-bond donors (Lipinski definition) is 2. The van der Waals surface area contributed by atoms with Crippen molar-refractivity contribution < 1.29 is 19.2 Å². The summed E-state index contributed by atoms with van der Waals surface area (Å²) in [6, 6.07) is 7.46. The van der Waals surface area contributed by atoms with Crippen LogP contribution in [-0.2, 0) is 9.53 Å². The number of ether oxygens (including phenoxy) is 2. The maximum Gasteiger partial charge on any atom is 0.230 e. The number of para-hydroxylation sites is 2. The van der Waals surface area contributed by atoms with Crippen molar-refractivity contribution in [2.24, 2.45) is 0 Å². The van der Waals surface area contributed by atoms with Crippen LogP contribution in [0.4, 0.5) is 5.69 Å². The van der Waals surface area contributed by atoms with E-state index in [1.807, 2.05) is 24.3 Å². The molecule has 1 aliphatic heterocycles. The fourth-order valence-electron chi connectivity index (χ4n) is 2.84. The fraction of sp³-hybridized carbons (Fsp3) is 0.562. The van der Waals surface area contributed by atoms with Gasteiger partial charge in [0, 0.05) is 0 Å². The van der Waals surface area contributed by atoms with Crippen molar-refractivity contribution in [3.05, 3.63) is 24.3 Å². The Balaban J connectivity index is 1.82. The van der Waals surface area contributed by atoms with Gasteiger partial charge in [0.05, 0.1) is 25.8 Å². The Morgan fingerprint density at radius 1 is 1.33 bits per heavy atom. The minimum atomic E-state index is 0.0267. The molecule has 0 saturated carbocycles. The quantitative estimate of drug-likeness (QED) is 0.841. The number of hydrogen-bond acceptors (Lipinski definition) is 3. The number of carbonyl (C=O) groups is 1. The molecule has 1 aliphatic rings. The first-order valence-corrected chi connectivity index (χ1v) is 7.50. The molecule has 1 aromatic carbocycles. The van der Waals surface area contributed by atoms with Crippen molar-refractivity contribution in [2.75, 3.05) is 32.1 Å². The normalized spacial score (nSPS) is 25.4. The standard InChI is InChI=1S/C16H24N2O3/c1-12-10-18(11-13(2)21-12)9-8-16(19)17-14-6-4-5-7-15(14)20-3/h4-7,12-13H,8-11H2,1-3H3,(H,17,19)/p+1/t12-,13+. The van der Waals surface area contributed by atoms with Gasteiger partial charge in [-0.2, -0.15) is 0 Å². The molecule has 1 unspecified atom stereocenters. The molecule has 0 aromatic heterocycles. The summed E-state index contributed by atoms with van der Waals surface area (Å²) in [5.74, 6) is 0.714. The third kappa shape index (κ3) is 4.72. The van der Waals surface area contributed by atoms with Crippen LogP contribution in [0, 0.1) is 0 Å². The Morgan fingerprint density at radius 3 is 2.67 bits per heavy atom. The van der Waals surface area contributed by atoms with Crippen molar-refractivity contribution in [3.8, 4) is 5.75 Å². The molecule has 1 heterocycles. The predicted octanol–water partition coefficient (Wildman–Crippen LogP) is 0.716. The van der Waals surface area contributed by atoms with E-state index >= 15 is 0 Å². The highest BCUT2D eigenvalue weighted by atomic mass is 16.5. The Bertz CT molecular complexity index is 468. The van der Waals surface area contributed by atoms with Crippen molar-refractivity contribution in [2.45, 2.75) is 32.5 Å². The van der Waals surface area contributed by atoms with Crippen molar-refractivity contribution >= 4 is 11.6 Å². The smallest absolute Gasteiger partial charge is 0.230 e. The van der Waals surface area contributed by atoms with Crippen LogP contribution in [0.2, 0.25) is 0 Å². The minimum Gasteiger partial charge on any atom is -0.495 e. The summed E-state index contributed by atoms with van der Waals surface area (Å²) < 4.78 is 10.9. The largest absolute Gasteiger partial charge is 0.495 e. The second kappa shape index (κ2) is 7.43. The van der Waals surface area contributed by atoms with Crippen molar-refractivity contribution in [3.63, 3.8) is 0 Å². The molecule has 2 N–H and O–H groups in total. The van der Waals surface area contributed by atoms with Crippen LogP contribution in [0.5, 0.6) is 5.75 Å². The number of benzene rings is 1. The highest BCUT2D eigenvalue weighted by molar-refractivity contribution is 5.92. The van der Waals surface area contributed by atoms with Crippen LogP contribution in [0.15, 0.2) is 24.3 Å². The summed E-state index contributed by atoms with van der Waals surface area (Å²) in [6.45, 7) is 6.94. The second-order valence-electron chi connectivity index (χ2n) is 5.66. The zero-order chi connectivity index (χ0) is 15.2. The molecule has 0 radical (unpaired) electrons. The lowest BCUT2D eigenvalue weighted by Gasteiger charge is -2.32. The molecule has 0 spiro atoms. The zero-order valence-electron chi connectivity index (χ0n) is 13.0. The lowest BCUT2D eigenvalue weighted by Crippen LogP contribution is -3.15. The van der Waals surface area contributed by atoms with Gasteiger partial charge in [-0.25, -0.2) is 0 Å². The Kier molecular flexibility index (Phi) is 5.59. The molecule has 5 nitrogen and oxygen atoms in total. The Morgan fingerprint density at radius 2 is 2.00 bits per heavy atom. The average Bonchev–Trinajstić information content (AvgIpc) is 2.45. The summed E-state index contributed by atoms with van der Waals surface area (Å²) in [6.07, 6.45) is 1.04. The summed E-state index contributed by atoms with van der Waals surface area (Å²) in [5, 5.41) is 2.91. The van der Waals surface area contributed by atoms with Crippen LogP contribution in [0.1, 0.15) is 20.3 Å². The monoisotopic (exact) mass is 293 g/mol. The number of methoxy groups -OCH3 is 1. The number of anilines is 1. The third-order valence-electron chi connectivity index (χ3n) is 3.70. The Labute approximate surface area is 126 Å². The zero-order valence-corrected chi connectivity index (χ0v) is 13.0. The SMILES string of the molecule is COc1ccccc1NC(=O)CC[NH+]1C[C@@H](C)O[C@@H](C)C1. The summed E-state index contributed by atoms with van der Waals surface area (Å²) in [5.41, 5.74) is 0.726. The van der Waals surface area contributed by atoms with E-state index in [9.17, 15) is 4.79 Å². The minimum absolute atomic E-state index is 0.0267. The van der Waals surface area contributed by atoms with Crippen molar-refractivity contribution in [1.82, 2.24) is 0 Å². The van der Waals surface area contributed by atoms with Crippen LogP contribution >= 0.6 is 0 Å². The first-order chi connectivity index (χ1) is 10.1. The lowest BCUT2D eigenvalue weighted by atomic mass is 10.2. The van der Waals surface area contributed by atoms with Crippen LogP contribution in [0.3, 0.4) is 0 Å². The molecular formula is C16H25N2O3+. The van der Waals surface area contributed by atoms with E-state index in [1.54, 1.807) is 7.11 Å². The number of morpholine rings is 1. The van der Waals surface area contributed by atoms with Gasteiger partial charge in [-0.15, -0.1) is 0 Å². The van der Waals surface area contributed by atoms with E-state index in [4.69, 9.17) is 9.47 Å². The molecular weight excluding hydrogens is 268 g/mol. The molecule has 0 bridgehead atoms. The molecule has 116 valence electrons. The molecule has 1 amide bonds. The highest BCUT2D eigenvalue weighted by Crippen LogP contribution is 2.22. The van der Waals surface area contributed by atoms with Crippen LogP contribution in [0.25, 0.3) is 0 Å². The van der Waals surface area contributed by atoms with Gasteiger partial charge in [0.25, 0.3) is 0 Å². The van der Waals surface area contributed by atoms with Gasteiger partial charge in [-0.3, -0.25) is 4.79 Å². The molecule has 1 saturated heterocycles. The molecule has 1 aromatic rings. The predicted molar refractivity (Wildman–Crippen MR) is 81.8 cm³/mol. The van der Waals surface area contributed by atoms with Gasteiger partial charge < -0.3 is 19.7 Å². The number of quaternary nitrogens is 1. The van der Waals surface area contributed by atoms with E-state index in [2.05, 4.69) is 19.2 Å². The maximum atomic E-state index is 12.1. The van der Waals surface area contributed by atoms with Gasteiger partial charge >= 0.3 is 0 Å². The van der Waals surface area contributed by atoms with E-state index < -0.39 is 0 Å². The molecule has 0 aliphatic carbocycles. The van der Waals surface area contributed by atoms with E-state index in [0.29, 0.717) is 12.2 Å². The van der Waals surface area contributed by atoms with Crippen LogP contribution < -0.4 is 15.0 Å². The topological polar surface area (TPSA) is 52.0 Å². The summed E-state index contributed by atoms with van der Waals surface area (Å²) in [4.78, 5) is 13.5. The number of nitrogens with one attached hydrogen (secondary N) is 2. The molecule has 3 atom stereocenters. The van der Waals surface area contributed by atoms with Crippen molar-refractivity contribution in [1.29, 1.82) is 0 Å². The molecule has 2 rings (SSSR count). The Hall–Kier alpha value is -1.59. The summed E-state index contributed by atoms with van der Waals surface area (Å²) >= 11 is 0. The van der Waals surface area contributed by atoms with Gasteiger partial charge in [0.1, 0.15) is 31.0 Å². The van der Waals surface area contributed by atoms with E-state index in [0.717, 1.165) is 25.3 Å². The third-order valence-corrected chi connectivity index (χ3v) is 3.70. The first-order valence-electron chi connectivity index (χ1n) is 7.50. The fourth-order valence-corrected chi connectivity index (χ4v) is 2.84. The molecule has 21 heavy (non-hydrogen) atoms. The van der Waals surface area contributed by atoms with Crippen LogP contribution in [-0.4, -0.2) is 44.9 Å². The maximum absolute atomic E-state index is 12.1. The van der Waals surface area contributed by atoms with Gasteiger partial charge in [-0.05, 0) is 26.0 Å². The average molecular weight is 293 g/mol. The highest BCUT2D eigenvalue weighted by Gasteiger charge is 2.25.